The van der Waals surface area contributed by atoms with Crippen molar-refractivity contribution in [2.24, 2.45) is 0 Å². The monoisotopic (exact) mass is 322 g/mol. The van der Waals surface area contributed by atoms with Crippen LogP contribution in [0.4, 0.5) is 4.39 Å². The van der Waals surface area contributed by atoms with Gasteiger partial charge in [-0.25, -0.2) is 9.37 Å². The topological polar surface area (TPSA) is 62.2 Å². The number of unbranched alkanes of at least 4 members (excludes halogenated alkanes) is 1. The second kappa shape index (κ2) is 8.00. The van der Waals surface area contributed by atoms with Crippen LogP contribution in [0.25, 0.3) is 10.6 Å². The number of aliphatic carboxylic acids is 1. The van der Waals surface area contributed by atoms with E-state index < -0.39 is 12.0 Å². The Hall–Kier alpha value is -1.79. The van der Waals surface area contributed by atoms with Crippen LogP contribution < -0.4 is 5.32 Å². The number of benzene rings is 1. The molecule has 0 saturated heterocycles. The van der Waals surface area contributed by atoms with Crippen molar-refractivity contribution in [3.8, 4) is 10.6 Å². The van der Waals surface area contributed by atoms with Gasteiger partial charge in [-0.1, -0.05) is 19.8 Å². The van der Waals surface area contributed by atoms with Crippen LogP contribution >= 0.6 is 11.3 Å². The lowest BCUT2D eigenvalue weighted by Gasteiger charge is -2.12. The van der Waals surface area contributed by atoms with Crippen molar-refractivity contribution in [1.29, 1.82) is 0 Å². The third-order valence-corrected chi connectivity index (χ3v) is 4.26. The third kappa shape index (κ3) is 4.61. The fraction of sp³-hybridized carbons (Fsp3) is 0.375. The van der Waals surface area contributed by atoms with Crippen LogP contribution in [0, 0.1) is 5.82 Å². The van der Waals surface area contributed by atoms with Gasteiger partial charge in [0.1, 0.15) is 16.9 Å². The summed E-state index contributed by atoms with van der Waals surface area (Å²) in [4.78, 5) is 15.6. The lowest BCUT2D eigenvalue weighted by Crippen LogP contribution is -2.36. The predicted octanol–water partition coefficient (Wildman–Crippen LogP) is 3.68. The maximum atomic E-state index is 12.9. The van der Waals surface area contributed by atoms with E-state index in [1.165, 1.54) is 23.5 Å². The van der Waals surface area contributed by atoms with E-state index in [1.54, 1.807) is 12.1 Å². The van der Waals surface area contributed by atoms with Crippen molar-refractivity contribution in [2.45, 2.75) is 38.8 Å². The molecule has 118 valence electrons. The minimum absolute atomic E-state index is 0.276. The Morgan fingerprint density at radius 2 is 2.14 bits per heavy atom. The Morgan fingerprint density at radius 1 is 1.41 bits per heavy atom. The first-order chi connectivity index (χ1) is 10.6. The van der Waals surface area contributed by atoms with E-state index >= 15 is 0 Å². The molecule has 2 N–H and O–H groups in total. The number of nitrogens with zero attached hydrogens (tertiary/aromatic N) is 1. The van der Waals surface area contributed by atoms with Gasteiger partial charge < -0.3 is 5.11 Å². The number of carboxylic acids is 1. The molecule has 2 rings (SSSR count). The summed E-state index contributed by atoms with van der Waals surface area (Å²) in [6.45, 7) is 2.45. The lowest BCUT2D eigenvalue weighted by atomic mass is 10.1. The van der Waals surface area contributed by atoms with Crippen LogP contribution in [0.5, 0.6) is 0 Å². The summed E-state index contributed by atoms with van der Waals surface area (Å²) >= 11 is 1.47. The van der Waals surface area contributed by atoms with Gasteiger partial charge in [0.2, 0.25) is 0 Å². The van der Waals surface area contributed by atoms with E-state index in [2.05, 4.69) is 10.3 Å². The molecule has 0 aliphatic heterocycles. The maximum Gasteiger partial charge on any atom is 0.320 e. The molecule has 4 nitrogen and oxygen atoms in total. The summed E-state index contributed by atoms with van der Waals surface area (Å²) in [7, 11) is 0. The predicted molar refractivity (Wildman–Crippen MR) is 85.3 cm³/mol. The highest BCUT2D eigenvalue weighted by Gasteiger charge is 2.16. The van der Waals surface area contributed by atoms with Crippen molar-refractivity contribution >= 4 is 17.3 Å². The number of hydrogen-bond acceptors (Lipinski definition) is 4. The van der Waals surface area contributed by atoms with Crippen LogP contribution in [-0.4, -0.2) is 22.1 Å². The first kappa shape index (κ1) is 16.6. The van der Waals surface area contributed by atoms with Crippen molar-refractivity contribution in [3.05, 3.63) is 41.2 Å². The van der Waals surface area contributed by atoms with E-state index in [-0.39, 0.29) is 5.82 Å². The van der Waals surface area contributed by atoms with Gasteiger partial charge >= 0.3 is 5.97 Å². The zero-order chi connectivity index (χ0) is 15.9. The largest absolute Gasteiger partial charge is 0.480 e. The highest BCUT2D eigenvalue weighted by Crippen LogP contribution is 2.23. The summed E-state index contributed by atoms with van der Waals surface area (Å²) in [6.07, 6.45) is 2.46. The molecule has 0 bridgehead atoms. The average Bonchev–Trinajstić information content (AvgIpc) is 2.96. The van der Waals surface area contributed by atoms with Crippen LogP contribution in [0.15, 0.2) is 29.6 Å². The minimum Gasteiger partial charge on any atom is -0.480 e. The molecule has 0 aliphatic rings. The molecule has 0 saturated carbocycles. The van der Waals surface area contributed by atoms with Crippen molar-refractivity contribution in [2.75, 3.05) is 0 Å². The van der Waals surface area contributed by atoms with Gasteiger partial charge in [0.15, 0.2) is 0 Å². The van der Waals surface area contributed by atoms with Crippen LogP contribution in [-0.2, 0) is 11.3 Å². The van der Waals surface area contributed by atoms with Crippen LogP contribution in [0.2, 0.25) is 0 Å². The van der Waals surface area contributed by atoms with Gasteiger partial charge in [-0.2, -0.15) is 0 Å². The molecule has 0 radical (unpaired) electrons. The second-order valence-corrected chi connectivity index (χ2v) is 5.92. The SMILES string of the molecule is CCCC[C@H](NCc1csc(-c2ccc(F)cc2)n1)C(=O)O. The Labute approximate surface area is 133 Å². The molecule has 0 spiro atoms. The number of rotatable bonds is 8. The fourth-order valence-electron chi connectivity index (χ4n) is 2.06. The quantitative estimate of drug-likeness (QED) is 0.778. The maximum absolute atomic E-state index is 12.9. The standard InChI is InChI=1S/C16H19FN2O2S/c1-2-3-4-14(16(20)21)18-9-13-10-22-15(19-13)11-5-7-12(17)8-6-11/h5-8,10,14,18H,2-4,9H2,1H3,(H,20,21)/t14-/m0/s1. The molecule has 1 heterocycles. The fourth-order valence-corrected chi connectivity index (χ4v) is 2.89. The molecule has 1 aromatic heterocycles. The molecule has 0 fully saturated rings. The molecule has 2 aromatic rings. The van der Waals surface area contributed by atoms with Gasteiger partial charge in [0.25, 0.3) is 0 Å². The lowest BCUT2D eigenvalue weighted by molar-refractivity contribution is -0.139. The Morgan fingerprint density at radius 3 is 2.77 bits per heavy atom. The number of halogens is 1. The van der Waals surface area contributed by atoms with Crippen LogP contribution in [0.1, 0.15) is 31.9 Å². The Balaban J connectivity index is 1.96. The summed E-state index contributed by atoms with van der Waals surface area (Å²) in [6, 6.07) is 5.63. The summed E-state index contributed by atoms with van der Waals surface area (Å²) in [5.74, 6) is -1.11. The number of nitrogens with one attached hydrogen (secondary N) is 1. The minimum atomic E-state index is -0.831. The average molecular weight is 322 g/mol. The number of hydrogen-bond donors (Lipinski definition) is 2. The molecule has 6 heteroatoms. The summed E-state index contributed by atoms with van der Waals surface area (Å²) < 4.78 is 12.9. The summed E-state index contributed by atoms with van der Waals surface area (Å²) in [5.41, 5.74) is 1.66. The molecule has 0 amide bonds. The molecular weight excluding hydrogens is 303 g/mol. The van der Waals surface area contributed by atoms with E-state index in [0.717, 1.165) is 29.1 Å². The highest BCUT2D eigenvalue weighted by molar-refractivity contribution is 7.13. The zero-order valence-electron chi connectivity index (χ0n) is 12.4. The normalized spacial score (nSPS) is 12.3. The zero-order valence-corrected chi connectivity index (χ0v) is 13.2. The van der Waals surface area contributed by atoms with Crippen LogP contribution in [0.3, 0.4) is 0 Å². The van der Waals surface area contributed by atoms with E-state index in [4.69, 9.17) is 0 Å². The van der Waals surface area contributed by atoms with Crippen molar-refractivity contribution in [1.82, 2.24) is 10.3 Å². The number of carbonyl (C=O) groups is 1. The van der Waals surface area contributed by atoms with Gasteiger partial charge in [-0.15, -0.1) is 11.3 Å². The Kier molecular flexibility index (Phi) is 6.03. The number of carboxylic acid groups (broad SMARTS) is 1. The highest BCUT2D eigenvalue weighted by atomic mass is 32.1. The first-order valence-electron chi connectivity index (χ1n) is 7.26. The van der Waals surface area contributed by atoms with E-state index in [1.807, 2.05) is 12.3 Å². The molecule has 0 aliphatic carbocycles. The van der Waals surface area contributed by atoms with E-state index in [9.17, 15) is 14.3 Å². The van der Waals surface area contributed by atoms with Gasteiger partial charge in [0.05, 0.1) is 5.69 Å². The van der Waals surface area contributed by atoms with Gasteiger partial charge in [-0.3, -0.25) is 10.1 Å². The molecule has 1 atom stereocenters. The number of aromatic nitrogens is 1. The summed E-state index contributed by atoms with van der Waals surface area (Å²) in [5, 5.41) is 14.9. The van der Waals surface area contributed by atoms with Gasteiger partial charge in [-0.05, 0) is 30.7 Å². The van der Waals surface area contributed by atoms with Gasteiger partial charge in [0, 0.05) is 17.5 Å². The second-order valence-electron chi connectivity index (χ2n) is 5.06. The third-order valence-electron chi connectivity index (χ3n) is 3.32. The number of thiazole rings is 1. The Bertz CT molecular complexity index is 613. The molecular formula is C16H19FN2O2S. The first-order valence-corrected chi connectivity index (χ1v) is 8.14. The smallest absolute Gasteiger partial charge is 0.320 e. The molecule has 0 unspecified atom stereocenters. The molecule has 1 aromatic carbocycles. The van der Waals surface area contributed by atoms with Crippen molar-refractivity contribution in [3.63, 3.8) is 0 Å². The molecule has 22 heavy (non-hydrogen) atoms. The van der Waals surface area contributed by atoms with Crippen molar-refractivity contribution < 1.29 is 14.3 Å². The van der Waals surface area contributed by atoms with E-state index in [0.29, 0.717) is 13.0 Å².